The monoisotopic (exact) mass is 320 g/mol. The highest BCUT2D eigenvalue weighted by atomic mass is 14.9. The Bertz CT molecular complexity index is 586. The third-order valence-corrected chi connectivity index (χ3v) is 3.01. The summed E-state index contributed by atoms with van der Waals surface area (Å²) in [7, 11) is 0. The molecule has 0 fully saturated rings. The third kappa shape index (κ3) is 6.57. The summed E-state index contributed by atoms with van der Waals surface area (Å²) >= 11 is 0. The van der Waals surface area contributed by atoms with Gasteiger partial charge in [0, 0.05) is 22.7 Å². The maximum atomic E-state index is 3.37. The van der Waals surface area contributed by atoms with Gasteiger partial charge in [0.05, 0.1) is 0 Å². The molecule has 0 aliphatic carbocycles. The lowest BCUT2D eigenvalue weighted by Crippen LogP contribution is -1.92. The Labute approximate surface area is 146 Å². The topological polar surface area (TPSA) is 24.1 Å². The van der Waals surface area contributed by atoms with Crippen LogP contribution in [0.1, 0.15) is 27.7 Å². The number of rotatable bonds is 4. The summed E-state index contributed by atoms with van der Waals surface area (Å²) in [5.74, 6) is 0. The lowest BCUT2D eigenvalue weighted by molar-refractivity contribution is 1.50. The van der Waals surface area contributed by atoms with Gasteiger partial charge in [0.1, 0.15) is 0 Å². The van der Waals surface area contributed by atoms with E-state index in [9.17, 15) is 0 Å². The van der Waals surface area contributed by atoms with Gasteiger partial charge in [0.15, 0.2) is 0 Å². The van der Waals surface area contributed by atoms with Gasteiger partial charge >= 0.3 is 0 Å². The zero-order valence-corrected chi connectivity index (χ0v) is 15.1. The molecule has 0 atom stereocenters. The summed E-state index contributed by atoms with van der Waals surface area (Å²) in [6, 6.07) is 28.6. The first-order valence-corrected chi connectivity index (χ1v) is 8.64. The molecule has 0 aliphatic rings. The van der Waals surface area contributed by atoms with E-state index in [-0.39, 0.29) is 0 Å². The van der Waals surface area contributed by atoms with Crippen LogP contribution in [-0.2, 0) is 0 Å². The first-order chi connectivity index (χ1) is 11.9. The van der Waals surface area contributed by atoms with Gasteiger partial charge in [-0.25, -0.2) is 0 Å². The summed E-state index contributed by atoms with van der Waals surface area (Å²) in [6.07, 6.45) is 0. The normalized spacial score (nSPS) is 8.83. The predicted molar refractivity (Wildman–Crippen MR) is 109 cm³/mol. The van der Waals surface area contributed by atoms with E-state index in [0.717, 1.165) is 22.7 Å². The van der Waals surface area contributed by atoms with Crippen molar-refractivity contribution in [3.8, 4) is 0 Å². The fraction of sp³-hybridized carbons (Fsp3) is 0.182. The number of hydrogen-bond acceptors (Lipinski definition) is 2. The van der Waals surface area contributed by atoms with Crippen LogP contribution >= 0.6 is 0 Å². The van der Waals surface area contributed by atoms with Gasteiger partial charge in [0.25, 0.3) is 0 Å². The second kappa shape index (κ2) is 11.8. The van der Waals surface area contributed by atoms with Gasteiger partial charge in [-0.1, -0.05) is 64.1 Å². The molecule has 0 amide bonds. The van der Waals surface area contributed by atoms with E-state index in [0.29, 0.717) is 0 Å². The van der Waals surface area contributed by atoms with Crippen molar-refractivity contribution in [1.29, 1.82) is 0 Å². The quantitative estimate of drug-likeness (QED) is 0.530. The van der Waals surface area contributed by atoms with Crippen molar-refractivity contribution < 1.29 is 0 Å². The van der Waals surface area contributed by atoms with Gasteiger partial charge in [0.2, 0.25) is 0 Å². The molecule has 0 radical (unpaired) electrons. The highest BCUT2D eigenvalue weighted by molar-refractivity contribution is 5.65. The lowest BCUT2D eigenvalue weighted by atomic mass is 10.2. The Morgan fingerprint density at radius 1 is 0.375 bits per heavy atom. The maximum absolute atomic E-state index is 3.37. The Hall–Kier alpha value is -2.74. The van der Waals surface area contributed by atoms with Crippen LogP contribution in [0, 0.1) is 0 Å². The fourth-order valence-corrected chi connectivity index (χ4v) is 2.01. The van der Waals surface area contributed by atoms with Crippen molar-refractivity contribution >= 4 is 22.7 Å². The summed E-state index contributed by atoms with van der Waals surface area (Å²) in [5.41, 5.74) is 4.34. The van der Waals surface area contributed by atoms with Gasteiger partial charge in [-0.05, 0) is 48.5 Å². The molecule has 0 heterocycles. The molecule has 0 aromatic heterocycles. The summed E-state index contributed by atoms with van der Waals surface area (Å²) in [5, 5.41) is 6.73. The molecule has 0 spiro atoms. The molecular weight excluding hydrogens is 292 g/mol. The SMILES string of the molecule is CC.CC.c1ccc(Nc2ccc(Nc3ccccc3)cc2)cc1. The van der Waals surface area contributed by atoms with Crippen LogP contribution in [0.4, 0.5) is 22.7 Å². The van der Waals surface area contributed by atoms with Crippen LogP contribution in [0.15, 0.2) is 84.9 Å². The van der Waals surface area contributed by atoms with E-state index in [4.69, 9.17) is 0 Å². The van der Waals surface area contributed by atoms with Crippen LogP contribution < -0.4 is 10.6 Å². The van der Waals surface area contributed by atoms with Crippen LogP contribution in [0.2, 0.25) is 0 Å². The fourth-order valence-electron chi connectivity index (χ4n) is 2.01. The average molecular weight is 320 g/mol. The standard InChI is InChI=1S/C18H16N2.2C2H6/c1-3-7-15(8-4-1)19-17-11-13-18(14-12-17)20-16-9-5-2-6-10-16;2*1-2/h1-14,19-20H;2*1-2H3. The zero-order valence-electron chi connectivity index (χ0n) is 15.1. The largest absolute Gasteiger partial charge is 0.356 e. The highest BCUT2D eigenvalue weighted by Crippen LogP contribution is 2.21. The molecule has 3 aromatic carbocycles. The number of benzene rings is 3. The lowest BCUT2D eigenvalue weighted by Gasteiger charge is -2.09. The van der Waals surface area contributed by atoms with Crippen molar-refractivity contribution in [3.05, 3.63) is 84.9 Å². The van der Waals surface area contributed by atoms with Gasteiger partial charge in [-0.2, -0.15) is 0 Å². The molecule has 2 heteroatoms. The minimum absolute atomic E-state index is 1.08. The molecule has 3 rings (SSSR count). The van der Waals surface area contributed by atoms with Crippen LogP contribution in [0.25, 0.3) is 0 Å². The smallest absolute Gasteiger partial charge is 0.0385 e. The molecule has 0 unspecified atom stereocenters. The van der Waals surface area contributed by atoms with Gasteiger partial charge in [-0.15, -0.1) is 0 Å². The molecule has 0 bridgehead atoms. The minimum atomic E-state index is 1.08. The van der Waals surface area contributed by atoms with Crippen LogP contribution in [0.3, 0.4) is 0 Å². The number of hydrogen-bond donors (Lipinski definition) is 2. The average Bonchev–Trinajstić information content (AvgIpc) is 2.68. The molecule has 2 N–H and O–H groups in total. The molecule has 0 saturated heterocycles. The summed E-state index contributed by atoms with van der Waals surface area (Å²) < 4.78 is 0. The van der Waals surface area contributed by atoms with E-state index in [2.05, 4.69) is 59.2 Å². The second-order valence-corrected chi connectivity index (χ2v) is 4.56. The Balaban J connectivity index is 0.000000671. The minimum Gasteiger partial charge on any atom is -0.356 e. The first-order valence-electron chi connectivity index (χ1n) is 8.64. The van der Waals surface area contributed by atoms with Gasteiger partial charge in [-0.3, -0.25) is 0 Å². The Morgan fingerprint density at radius 3 is 0.917 bits per heavy atom. The van der Waals surface area contributed by atoms with Crippen molar-refractivity contribution in [3.63, 3.8) is 0 Å². The predicted octanol–water partition coefficient (Wildman–Crippen LogP) is 7.23. The molecule has 0 aliphatic heterocycles. The van der Waals surface area contributed by atoms with Crippen molar-refractivity contribution in [2.24, 2.45) is 0 Å². The summed E-state index contributed by atoms with van der Waals surface area (Å²) in [4.78, 5) is 0. The number of anilines is 4. The van der Waals surface area contributed by atoms with Gasteiger partial charge < -0.3 is 10.6 Å². The summed E-state index contributed by atoms with van der Waals surface area (Å²) in [6.45, 7) is 8.00. The highest BCUT2D eigenvalue weighted by Gasteiger charge is 1.96. The van der Waals surface area contributed by atoms with Crippen LogP contribution in [-0.4, -0.2) is 0 Å². The molecule has 126 valence electrons. The van der Waals surface area contributed by atoms with E-state index in [1.54, 1.807) is 0 Å². The molecule has 0 saturated carbocycles. The number of para-hydroxylation sites is 2. The van der Waals surface area contributed by atoms with Crippen molar-refractivity contribution in [2.45, 2.75) is 27.7 Å². The molecule has 2 nitrogen and oxygen atoms in total. The molecule has 24 heavy (non-hydrogen) atoms. The van der Waals surface area contributed by atoms with Crippen molar-refractivity contribution in [1.82, 2.24) is 0 Å². The molecule has 3 aromatic rings. The third-order valence-electron chi connectivity index (χ3n) is 3.01. The first kappa shape index (κ1) is 19.3. The van der Waals surface area contributed by atoms with E-state index < -0.39 is 0 Å². The Kier molecular flexibility index (Phi) is 9.48. The van der Waals surface area contributed by atoms with E-state index >= 15 is 0 Å². The van der Waals surface area contributed by atoms with E-state index in [1.807, 2.05) is 64.1 Å². The zero-order chi connectivity index (χ0) is 17.6. The Morgan fingerprint density at radius 2 is 0.625 bits per heavy atom. The van der Waals surface area contributed by atoms with E-state index in [1.165, 1.54) is 0 Å². The molecular formula is C22H28N2. The van der Waals surface area contributed by atoms with Crippen LogP contribution in [0.5, 0.6) is 0 Å². The van der Waals surface area contributed by atoms with Crippen molar-refractivity contribution in [2.75, 3.05) is 10.6 Å². The maximum Gasteiger partial charge on any atom is 0.0385 e. The second-order valence-electron chi connectivity index (χ2n) is 4.56. The number of nitrogens with one attached hydrogen (secondary N) is 2.